The van der Waals surface area contributed by atoms with Crippen molar-refractivity contribution in [3.05, 3.63) is 18.2 Å². The molecule has 0 heterocycles. The molecule has 0 aliphatic heterocycles. The summed E-state index contributed by atoms with van der Waals surface area (Å²) in [6.07, 6.45) is 0. The lowest BCUT2D eigenvalue weighted by Gasteiger charge is -1.94. The van der Waals surface area contributed by atoms with Gasteiger partial charge in [-0.3, -0.25) is 0 Å². The van der Waals surface area contributed by atoms with Crippen LogP contribution in [0.1, 0.15) is 6.92 Å². The number of aromatic hydroxyl groups is 3. The lowest BCUT2D eigenvalue weighted by Crippen LogP contribution is -1.66. The van der Waals surface area contributed by atoms with E-state index < -0.39 is 0 Å². The molecule has 1 aromatic carbocycles. The molecule has 0 fully saturated rings. The Kier molecular flexibility index (Phi) is 4.64. The average Bonchev–Trinajstić information content (AvgIpc) is 1.84. The van der Waals surface area contributed by atoms with Crippen LogP contribution in [0.15, 0.2) is 18.2 Å². The highest BCUT2D eigenvalue weighted by atomic mass is 16.3. The Morgan fingerprint density at radius 2 is 1.08 bits per heavy atom. The van der Waals surface area contributed by atoms with Crippen molar-refractivity contribution in [1.29, 1.82) is 0 Å². The first-order valence-corrected chi connectivity index (χ1v) is 3.43. The standard InChI is InChI=1S/C6H6O3.C2H6O/c7-4-1-5(8)3-6(9)2-4;1-2-3/h1-3,7-9H;3H,2H2,1H3. The molecule has 0 aliphatic carbocycles. The van der Waals surface area contributed by atoms with Gasteiger partial charge in [-0.05, 0) is 6.92 Å². The fourth-order valence-electron chi connectivity index (χ4n) is 0.580. The van der Waals surface area contributed by atoms with Crippen LogP contribution in [0.3, 0.4) is 0 Å². The van der Waals surface area contributed by atoms with E-state index in [2.05, 4.69) is 0 Å². The van der Waals surface area contributed by atoms with Gasteiger partial charge in [-0.1, -0.05) is 0 Å². The third kappa shape index (κ3) is 4.40. The zero-order valence-electron chi connectivity index (χ0n) is 6.73. The van der Waals surface area contributed by atoms with Crippen LogP contribution in [0.2, 0.25) is 0 Å². The first-order valence-electron chi connectivity index (χ1n) is 3.43. The van der Waals surface area contributed by atoms with Crippen LogP contribution in [-0.4, -0.2) is 27.0 Å². The fourth-order valence-corrected chi connectivity index (χ4v) is 0.580. The first-order chi connectivity index (χ1) is 5.60. The Balaban J connectivity index is 0.000000354. The summed E-state index contributed by atoms with van der Waals surface area (Å²) in [6.45, 7) is 1.93. The molecule has 0 aromatic heterocycles. The summed E-state index contributed by atoms with van der Waals surface area (Å²) in [5.74, 6) is -0.437. The van der Waals surface area contributed by atoms with E-state index >= 15 is 0 Å². The number of phenols is 3. The molecule has 0 saturated heterocycles. The van der Waals surface area contributed by atoms with Crippen molar-refractivity contribution in [2.45, 2.75) is 6.92 Å². The second-order valence-corrected chi connectivity index (χ2v) is 2.02. The third-order valence-corrected chi connectivity index (χ3v) is 0.887. The van der Waals surface area contributed by atoms with Crippen LogP contribution in [-0.2, 0) is 0 Å². The zero-order valence-corrected chi connectivity index (χ0v) is 6.73. The van der Waals surface area contributed by atoms with E-state index in [4.69, 9.17) is 20.4 Å². The van der Waals surface area contributed by atoms with E-state index in [9.17, 15) is 0 Å². The van der Waals surface area contributed by atoms with Gasteiger partial charge in [0.1, 0.15) is 17.2 Å². The number of aliphatic hydroxyl groups excluding tert-OH is 1. The fraction of sp³-hybridized carbons (Fsp3) is 0.250. The number of benzene rings is 1. The van der Waals surface area contributed by atoms with Crippen molar-refractivity contribution in [1.82, 2.24) is 0 Å². The lowest BCUT2D eigenvalue weighted by molar-refractivity contribution is 0.318. The molecule has 0 unspecified atom stereocenters. The van der Waals surface area contributed by atoms with Crippen LogP contribution in [0, 0.1) is 0 Å². The molecule has 0 radical (unpaired) electrons. The van der Waals surface area contributed by atoms with Crippen molar-refractivity contribution in [3.63, 3.8) is 0 Å². The predicted octanol–water partition coefficient (Wildman–Crippen LogP) is 0.802. The van der Waals surface area contributed by atoms with Gasteiger partial charge < -0.3 is 20.4 Å². The Morgan fingerprint density at radius 3 is 1.25 bits per heavy atom. The molecule has 12 heavy (non-hydrogen) atoms. The second-order valence-electron chi connectivity index (χ2n) is 2.02. The maximum Gasteiger partial charge on any atom is 0.122 e. The Bertz CT molecular complexity index is 184. The van der Waals surface area contributed by atoms with Crippen molar-refractivity contribution < 1.29 is 20.4 Å². The van der Waals surface area contributed by atoms with Crippen molar-refractivity contribution in [3.8, 4) is 17.2 Å². The largest absolute Gasteiger partial charge is 0.508 e. The molecule has 0 aliphatic rings. The van der Waals surface area contributed by atoms with E-state index in [1.165, 1.54) is 0 Å². The number of aliphatic hydroxyl groups is 1. The number of hydrogen-bond acceptors (Lipinski definition) is 4. The highest BCUT2D eigenvalue weighted by Crippen LogP contribution is 2.23. The summed E-state index contributed by atoms with van der Waals surface area (Å²) < 4.78 is 0. The second kappa shape index (κ2) is 5.26. The Hall–Kier alpha value is -1.42. The van der Waals surface area contributed by atoms with Gasteiger partial charge in [0.2, 0.25) is 0 Å². The predicted molar refractivity (Wildman–Crippen MR) is 44.2 cm³/mol. The molecule has 0 spiro atoms. The van der Waals surface area contributed by atoms with Gasteiger partial charge >= 0.3 is 0 Å². The van der Waals surface area contributed by atoms with Crippen molar-refractivity contribution in [2.75, 3.05) is 6.61 Å². The van der Waals surface area contributed by atoms with E-state index in [0.29, 0.717) is 0 Å². The monoisotopic (exact) mass is 172 g/mol. The number of hydrogen-bond donors (Lipinski definition) is 4. The normalized spacial score (nSPS) is 8.50. The Morgan fingerprint density at radius 1 is 0.917 bits per heavy atom. The average molecular weight is 172 g/mol. The summed E-state index contributed by atoms with van der Waals surface area (Å²) in [5.41, 5.74) is 0. The molecule has 68 valence electrons. The maximum atomic E-state index is 8.67. The lowest BCUT2D eigenvalue weighted by atomic mass is 10.3. The van der Waals surface area contributed by atoms with Gasteiger partial charge in [0.15, 0.2) is 0 Å². The molecule has 0 saturated carbocycles. The quantitative estimate of drug-likeness (QED) is 0.466. The third-order valence-electron chi connectivity index (χ3n) is 0.887. The molecule has 1 rings (SSSR count). The highest BCUT2D eigenvalue weighted by Gasteiger charge is 1.94. The first kappa shape index (κ1) is 10.6. The summed E-state index contributed by atoms with van der Waals surface area (Å²) in [6, 6.07) is 3.42. The van der Waals surface area contributed by atoms with Gasteiger partial charge in [0.25, 0.3) is 0 Å². The van der Waals surface area contributed by atoms with Gasteiger partial charge in [-0.15, -0.1) is 0 Å². The maximum absolute atomic E-state index is 8.67. The molecule has 4 N–H and O–H groups in total. The minimum absolute atomic E-state index is 0.146. The molecular formula is C8H12O4. The number of phenolic OH excluding ortho intramolecular Hbond substituents is 3. The summed E-state index contributed by atoms with van der Waals surface area (Å²) >= 11 is 0. The molecule has 1 aromatic rings. The summed E-state index contributed by atoms with van der Waals surface area (Å²) in [4.78, 5) is 0. The molecule has 0 amide bonds. The Labute approximate surface area is 70.3 Å². The van der Waals surface area contributed by atoms with Crippen molar-refractivity contribution >= 4 is 0 Å². The molecule has 0 atom stereocenters. The van der Waals surface area contributed by atoms with Crippen LogP contribution in [0.4, 0.5) is 0 Å². The van der Waals surface area contributed by atoms with E-state index in [-0.39, 0.29) is 23.9 Å². The van der Waals surface area contributed by atoms with Gasteiger partial charge in [0.05, 0.1) is 0 Å². The smallest absolute Gasteiger partial charge is 0.122 e. The van der Waals surface area contributed by atoms with Crippen molar-refractivity contribution in [2.24, 2.45) is 0 Å². The highest BCUT2D eigenvalue weighted by molar-refractivity contribution is 5.39. The number of rotatable bonds is 0. The zero-order chi connectivity index (χ0) is 9.56. The summed E-state index contributed by atoms with van der Waals surface area (Å²) in [5, 5.41) is 33.6. The van der Waals surface area contributed by atoms with Gasteiger partial charge in [-0.25, -0.2) is 0 Å². The van der Waals surface area contributed by atoms with E-state index in [1.54, 1.807) is 6.92 Å². The minimum Gasteiger partial charge on any atom is -0.508 e. The van der Waals surface area contributed by atoms with Crippen LogP contribution < -0.4 is 0 Å². The van der Waals surface area contributed by atoms with Crippen LogP contribution in [0.5, 0.6) is 17.2 Å². The molecule has 0 bridgehead atoms. The summed E-state index contributed by atoms with van der Waals surface area (Å²) in [7, 11) is 0. The molecular weight excluding hydrogens is 160 g/mol. The van der Waals surface area contributed by atoms with Crippen LogP contribution >= 0.6 is 0 Å². The molecule has 4 nitrogen and oxygen atoms in total. The van der Waals surface area contributed by atoms with E-state index in [1.807, 2.05) is 0 Å². The topological polar surface area (TPSA) is 80.9 Å². The SMILES string of the molecule is CCO.Oc1cc(O)cc(O)c1. The van der Waals surface area contributed by atoms with Gasteiger partial charge in [0, 0.05) is 24.8 Å². The van der Waals surface area contributed by atoms with Crippen LogP contribution in [0.25, 0.3) is 0 Å². The molecule has 4 heteroatoms. The van der Waals surface area contributed by atoms with E-state index in [0.717, 1.165) is 18.2 Å². The minimum atomic E-state index is -0.146. The van der Waals surface area contributed by atoms with Gasteiger partial charge in [-0.2, -0.15) is 0 Å².